The molecule has 20 heavy (non-hydrogen) atoms. The van der Waals surface area contributed by atoms with Gasteiger partial charge in [0, 0.05) is 22.7 Å². The van der Waals surface area contributed by atoms with Crippen molar-refractivity contribution in [1.82, 2.24) is 20.2 Å². The third-order valence-electron chi connectivity index (χ3n) is 3.18. The number of nitrogens with one attached hydrogen (secondary N) is 3. The highest BCUT2D eigenvalue weighted by atomic mass is 16.3. The molecular formula is C13H13N5O2. The van der Waals surface area contributed by atoms with E-state index in [2.05, 4.69) is 25.5 Å². The Balaban J connectivity index is 1.88. The summed E-state index contributed by atoms with van der Waals surface area (Å²) in [5.41, 5.74) is 3.14. The zero-order chi connectivity index (χ0) is 14.3. The molecule has 0 aromatic carbocycles. The van der Waals surface area contributed by atoms with Crippen LogP contribution < -0.4 is 5.32 Å². The molecule has 0 aliphatic carbocycles. The van der Waals surface area contributed by atoms with E-state index in [0.717, 1.165) is 16.6 Å². The Morgan fingerprint density at radius 3 is 2.85 bits per heavy atom. The number of H-pyrrole nitrogens is 2. The van der Waals surface area contributed by atoms with Crippen LogP contribution in [0.1, 0.15) is 21.7 Å². The molecule has 3 aromatic heterocycles. The minimum Gasteiger partial charge on any atom is -0.495 e. The zero-order valence-corrected chi connectivity index (χ0v) is 11.0. The van der Waals surface area contributed by atoms with Gasteiger partial charge in [-0.1, -0.05) is 0 Å². The van der Waals surface area contributed by atoms with Crippen molar-refractivity contribution in [3.05, 3.63) is 35.3 Å². The minimum absolute atomic E-state index is 0.0368. The van der Waals surface area contributed by atoms with E-state index in [0.29, 0.717) is 17.0 Å². The lowest BCUT2D eigenvalue weighted by atomic mass is 10.2. The summed E-state index contributed by atoms with van der Waals surface area (Å²) >= 11 is 0. The summed E-state index contributed by atoms with van der Waals surface area (Å²) < 4.78 is 0. The molecule has 102 valence electrons. The first-order valence-electron chi connectivity index (χ1n) is 6.05. The number of pyridine rings is 1. The minimum atomic E-state index is -0.298. The molecule has 7 nitrogen and oxygen atoms in total. The van der Waals surface area contributed by atoms with Gasteiger partial charge in [0.1, 0.15) is 5.65 Å². The van der Waals surface area contributed by atoms with Crippen molar-refractivity contribution >= 4 is 22.6 Å². The Kier molecular flexibility index (Phi) is 2.67. The number of carbonyl (C=O) groups excluding carboxylic acids is 1. The van der Waals surface area contributed by atoms with E-state index in [1.165, 1.54) is 6.20 Å². The van der Waals surface area contributed by atoms with Gasteiger partial charge in [-0.25, -0.2) is 4.98 Å². The normalized spacial score (nSPS) is 10.9. The van der Waals surface area contributed by atoms with Crippen LogP contribution >= 0.6 is 0 Å². The molecule has 0 radical (unpaired) electrons. The van der Waals surface area contributed by atoms with E-state index in [1.807, 2.05) is 13.8 Å². The summed E-state index contributed by atoms with van der Waals surface area (Å²) in [4.78, 5) is 18.9. The van der Waals surface area contributed by atoms with Crippen molar-refractivity contribution in [1.29, 1.82) is 0 Å². The van der Waals surface area contributed by atoms with Gasteiger partial charge in [0.25, 0.3) is 5.91 Å². The number of rotatable bonds is 2. The molecule has 0 saturated carbocycles. The van der Waals surface area contributed by atoms with E-state index in [4.69, 9.17) is 0 Å². The zero-order valence-electron chi connectivity index (χ0n) is 11.0. The standard InChI is InChI=1S/C13H13N5O2/c1-6-7(2)17-18-11(6)13(20)15-9-3-8-4-10(19)16-12(8)14-5-9/h3-5,19H,1-2H3,(H,14,16)(H,15,20)(H,17,18). The number of carbonyl (C=O) groups is 1. The predicted molar refractivity (Wildman–Crippen MR) is 73.8 cm³/mol. The fourth-order valence-corrected chi connectivity index (χ4v) is 1.97. The topological polar surface area (TPSA) is 107 Å². The summed E-state index contributed by atoms with van der Waals surface area (Å²) in [6.45, 7) is 3.69. The number of hydrogen-bond acceptors (Lipinski definition) is 4. The monoisotopic (exact) mass is 271 g/mol. The van der Waals surface area contributed by atoms with E-state index < -0.39 is 0 Å². The lowest BCUT2D eigenvalue weighted by Crippen LogP contribution is -2.13. The summed E-state index contributed by atoms with van der Waals surface area (Å²) in [6.07, 6.45) is 1.52. The molecule has 0 aliphatic heterocycles. The Morgan fingerprint density at radius 2 is 2.15 bits per heavy atom. The van der Waals surface area contributed by atoms with Crippen LogP contribution in [0.4, 0.5) is 5.69 Å². The van der Waals surface area contributed by atoms with Crippen molar-refractivity contribution < 1.29 is 9.90 Å². The molecule has 1 amide bonds. The molecule has 0 saturated heterocycles. The number of fused-ring (bicyclic) bond motifs is 1. The van der Waals surface area contributed by atoms with Crippen LogP contribution in [0.2, 0.25) is 0 Å². The van der Waals surface area contributed by atoms with Gasteiger partial charge in [0.15, 0.2) is 11.6 Å². The molecule has 3 rings (SSSR count). The van der Waals surface area contributed by atoms with Crippen LogP contribution in [-0.2, 0) is 0 Å². The molecule has 0 unspecified atom stereocenters. The number of hydrogen-bond donors (Lipinski definition) is 4. The van der Waals surface area contributed by atoms with Gasteiger partial charge < -0.3 is 15.4 Å². The van der Waals surface area contributed by atoms with Gasteiger partial charge in [-0.15, -0.1) is 0 Å². The fourth-order valence-electron chi connectivity index (χ4n) is 1.97. The van der Waals surface area contributed by atoms with Gasteiger partial charge in [-0.3, -0.25) is 9.89 Å². The van der Waals surface area contributed by atoms with Crippen LogP contribution in [0.5, 0.6) is 5.88 Å². The van der Waals surface area contributed by atoms with Gasteiger partial charge >= 0.3 is 0 Å². The van der Waals surface area contributed by atoms with Crippen LogP contribution in [0.3, 0.4) is 0 Å². The summed E-state index contributed by atoms with van der Waals surface area (Å²) in [5, 5.41) is 19.5. The first-order valence-corrected chi connectivity index (χ1v) is 6.05. The lowest BCUT2D eigenvalue weighted by molar-refractivity contribution is 0.102. The molecule has 3 heterocycles. The van der Waals surface area contributed by atoms with Gasteiger partial charge in [-0.2, -0.15) is 5.10 Å². The molecule has 0 bridgehead atoms. The smallest absolute Gasteiger partial charge is 0.276 e. The Labute approximate surface area is 114 Å². The molecule has 0 fully saturated rings. The number of anilines is 1. The third kappa shape index (κ3) is 1.99. The number of amides is 1. The number of aromatic nitrogens is 4. The van der Waals surface area contributed by atoms with Crippen LogP contribution in [0.25, 0.3) is 11.0 Å². The molecular weight excluding hydrogens is 258 g/mol. The first-order chi connectivity index (χ1) is 9.54. The largest absolute Gasteiger partial charge is 0.495 e. The van der Waals surface area contributed by atoms with E-state index in [-0.39, 0.29) is 11.8 Å². The van der Waals surface area contributed by atoms with Crippen LogP contribution in [-0.4, -0.2) is 31.2 Å². The maximum atomic E-state index is 12.1. The maximum absolute atomic E-state index is 12.1. The molecule has 3 aromatic rings. The summed E-state index contributed by atoms with van der Waals surface area (Å²) in [5.74, 6) is -0.262. The number of aromatic amines is 2. The average molecular weight is 271 g/mol. The summed E-state index contributed by atoms with van der Waals surface area (Å²) in [7, 11) is 0. The number of nitrogens with zero attached hydrogens (tertiary/aromatic N) is 2. The van der Waals surface area contributed by atoms with Gasteiger partial charge in [-0.05, 0) is 19.9 Å². The highest BCUT2D eigenvalue weighted by Crippen LogP contribution is 2.21. The highest BCUT2D eigenvalue weighted by molar-refractivity contribution is 6.04. The molecule has 0 spiro atoms. The van der Waals surface area contributed by atoms with E-state index >= 15 is 0 Å². The Bertz CT molecular complexity index is 802. The quantitative estimate of drug-likeness (QED) is 0.570. The average Bonchev–Trinajstić information content (AvgIpc) is 2.92. The van der Waals surface area contributed by atoms with Gasteiger partial charge in [0.05, 0.1) is 11.9 Å². The Hall–Kier alpha value is -2.83. The van der Waals surface area contributed by atoms with E-state index in [9.17, 15) is 9.90 Å². The third-order valence-corrected chi connectivity index (χ3v) is 3.18. The second-order valence-corrected chi connectivity index (χ2v) is 4.59. The summed E-state index contributed by atoms with van der Waals surface area (Å²) in [6, 6.07) is 3.27. The second kappa shape index (κ2) is 4.37. The van der Waals surface area contributed by atoms with Crippen molar-refractivity contribution in [3.63, 3.8) is 0 Å². The molecule has 0 atom stereocenters. The fraction of sp³-hybridized carbons (Fsp3) is 0.154. The lowest BCUT2D eigenvalue weighted by Gasteiger charge is -2.03. The Morgan fingerprint density at radius 1 is 1.35 bits per heavy atom. The highest BCUT2D eigenvalue weighted by Gasteiger charge is 2.15. The maximum Gasteiger partial charge on any atom is 0.276 e. The van der Waals surface area contributed by atoms with Crippen molar-refractivity contribution in [2.75, 3.05) is 5.32 Å². The predicted octanol–water partition coefficient (Wildman–Crippen LogP) is 1.86. The van der Waals surface area contributed by atoms with Crippen LogP contribution in [0.15, 0.2) is 18.3 Å². The van der Waals surface area contributed by atoms with Crippen molar-refractivity contribution in [3.8, 4) is 5.88 Å². The van der Waals surface area contributed by atoms with E-state index in [1.54, 1.807) is 12.1 Å². The second-order valence-electron chi connectivity index (χ2n) is 4.59. The molecule has 7 heteroatoms. The van der Waals surface area contributed by atoms with Crippen LogP contribution in [0, 0.1) is 13.8 Å². The molecule has 4 N–H and O–H groups in total. The van der Waals surface area contributed by atoms with Gasteiger partial charge in [0.2, 0.25) is 0 Å². The SMILES string of the molecule is Cc1[nH]nc(C(=O)Nc2cnc3[nH]c(O)cc3c2)c1C. The molecule has 0 aliphatic rings. The number of aromatic hydroxyl groups is 1. The number of aryl methyl sites for hydroxylation is 1. The van der Waals surface area contributed by atoms with Crippen molar-refractivity contribution in [2.24, 2.45) is 0 Å². The first kappa shape index (κ1) is 12.2. The van der Waals surface area contributed by atoms with Crippen molar-refractivity contribution in [2.45, 2.75) is 13.8 Å².